The molecule has 0 radical (unpaired) electrons. The number of hydrogen-bond acceptors (Lipinski definition) is 9. The fraction of sp³-hybridized carbons (Fsp3) is 0.278. The zero-order valence-corrected chi connectivity index (χ0v) is 17.7. The average Bonchev–Trinajstić information content (AvgIpc) is 2.60. The summed E-state index contributed by atoms with van der Waals surface area (Å²) >= 11 is 1.28. The van der Waals surface area contributed by atoms with Gasteiger partial charge < -0.3 is 14.8 Å². The van der Waals surface area contributed by atoms with Crippen molar-refractivity contribution in [2.24, 2.45) is 0 Å². The maximum Gasteiger partial charge on any atom is 0.287 e. The lowest BCUT2D eigenvalue weighted by molar-refractivity contribution is -0.382. The Morgan fingerprint density at radius 2 is 1.79 bits per heavy atom. The lowest BCUT2D eigenvalue weighted by Crippen LogP contribution is -2.21. The van der Waals surface area contributed by atoms with Crippen LogP contribution in [0.4, 0.5) is 11.4 Å². The van der Waals surface area contributed by atoms with Gasteiger partial charge in [0.05, 0.1) is 20.4 Å². The smallest absolute Gasteiger partial charge is 0.287 e. The van der Waals surface area contributed by atoms with E-state index in [9.17, 15) is 14.9 Å². The minimum Gasteiger partial charge on any atom is -0.748 e. The van der Waals surface area contributed by atoms with Crippen molar-refractivity contribution in [3.63, 3.8) is 0 Å². The highest BCUT2D eigenvalue weighted by atomic mass is 32.2. The maximum atomic E-state index is 12.9. The summed E-state index contributed by atoms with van der Waals surface area (Å²) in [6.45, 7) is 1.44. The van der Waals surface area contributed by atoms with Gasteiger partial charge in [-0.3, -0.25) is 14.9 Å². The third-order valence-corrected chi connectivity index (χ3v) is 4.97. The van der Waals surface area contributed by atoms with E-state index in [-0.39, 0.29) is 11.1 Å². The third-order valence-electron chi connectivity index (χ3n) is 3.78. The van der Waals surface area contributed by atoms with Crippen LogP contribution in [0.2, 0.25) is 0 Å². The molecule has 0 bridgehead atoms. The van der Waals surface area contributed by atoms with Crippen LogP contribution in [-0.4, -0.2) is 56.2 Å². The molecule has 0 saturated carbocycles. The van der Waals surface area contributed by atoms with Gasteiger partial charge in [0, 0.05) is 41.2 Å². The normalized spacial score (nSPS) is 11.3. The first-order valence-electron chi connectivity index (χ1n) is 8.41. The van der Waals surface area contributed by atoms with Gasteiger partial charge in [-0.25, -0.2) is 8.42 Å². The first-order chi connectivity index (χ1) is 13.5. The second-order valence-corrected chi connectivity index (χ2v) is 8.92. The predicted octanol–water partition coefficient (Wildman–Crippen LogP) is 2.46. The number of rotatable bonds is 5. The number of nitrogens with zero attached hydrogens (tertiary/aromatic N) is 2. The topological polar surface area (TPSA) is 133 Å². The molecular formula is C18H20N3O6S2-. The first-order valence-corrected chi connectivity index (χ1v) is 11.0. The SMILES string of the molecule is CN(C)CCNc1ccc([N+](=O)[O-])c2sc3ccccc3c(=O)c12.CS(=O)(=O)[O-]. The molecule has 156 valence electrons. The Labute approximate surface area is 171 Å². The van der Waals surface area contributed by atoms with E-state index in [4.69, 9.17) is 13.0 Å². The number of anilines is 1. The van der Waals surface area contributed by atoms with Crippen LogP contribution < -0.4 is 10.7 Å². The number of nitro benzene ring substituents is 1. The van der Waals surface area contributed by atoms with Gasteiger partial charge in [0.15, 0.2) is 5.43 Å². The standard InChI is InChI=1S/C17H17N3O3S.CH4O3S/c1-19(2)10-9-18-12-7-8-13(20(22)23)17-15(12)16(21)11-5-3-4-6-14(11)24-17;1-5(2,3)4/h3-8,18H,9-10H2,1-2H3;1H3,(H,2,3,4)/p-1. The highest BCUT2D eigenvalue weighted by molar-refractivity contribution is 7.84. The van der Waals surface area contributed by atoms with Crippen LogP contribution in [0.1, 0.15) is 0 Å². The van der Waals surface area contributed by atoms with Crippen LogP contribution in [0.5, 0.6) is 0 Å². The maximum absolute atomic E-state index is 12.9. The van der Waals surface area contributed by atoms with E-state index in [0.29, 0.717) is 34.0 Å². The summed E-state index contributed by atoms with van der Waals surface area (Å²) in [4.78, 5) is 25.9. The van der Waals surface area contributed by atoms with Crippen LogP contribution in [0, 0.1) is 10.1 Å². The van der Waals surface area contributed by atoms with Gasteiger partial charge in [0.1, 0.15) is 4.70 Å². The predicted molar refractivity (Wildman–Crippen MR) is 115 cm³/mol. The summed E-state index contributed by atoms with van der Waals surface area (Å²) in [5.74, 6) is 0. The molecule has 0 aliphatic heterocycles. The van der Waals surface area contributed by atoms with Crippen molar-refractivity contribution in [2.45, 2.75) is 0 Å². The second-order valence-electron chi connectivity index (χ2n) is 6.46. The van der Waals surface area contributed by atoms with E-state index in [0.717, 1.165) is 11.2 Å². The summed E-state index contributed by atoms with van der Waals surface area (Å²) < 4.78 is 28.4. The van der Waals surface area contributed by atoms with Gasteiger partial charge in [-0.05, 0) is 32.3 Å². The summed E-state index contributed by atoms with van der Waals surface area (Å²) in [6.07, 6.45) is 0.604. The Bertz CT molecular complexity index is 1200. The zero-order valence-electron chi connectivity index (χ0n) is 16.0. The van der Waals surface area contributed by atoms with E-state index in [2.05, 4.69) is 5.32 Å². The lowest BCUT2D eigenvalue weighted by Gasteiger charge is -2.13. The second kappa shape index (κ2) is 9.27. The van der Waals surface area contributed by atoms with E-state index < -0.39 is 15.0 Å². The van der Waals surface area contributed by atoms with Crippen molar-refractivity contribution in [3.8, 4) is 0 Å². The Hall–Kier alpha value is -2.60. The van der Waals surface area contributed by atoms with Gasteiger partial charge in [-0.1, -0.05) is 12.1 Å². The van der Waals surface area contributed by atoms with Crippen molar-refractivity contribution in [1.29, 1.82) is 0 Å². The third kappa shape index (κ3) is 6.19. The molecule has 2 aromatic carbocycles. The highest BCUT2D eigenvalue weighted by Gasteiger charge is 2.19. The average molecular weight is 439 g/mol. The van der Waals surface area contributed by atoms with Gasteiger partial charge in [0.25, 0.3) is 5.69 Å². The van der Waals surface area contributed by atoms with Crippen LogP contribution in [-0.2, 0) is 10.1 Å². The Balaban J connectivity index is 0.000000537. The van der Waals surface area contributed by atoms with Crippen molar-refractivity contribution < 1.29 is 17.9 Å². The lowest BCUT2D eigenvalue weighted by atomic mass is 10.1. The van der Waals surface area contributed by atoms with Crippen LogP contribution in [0.15, 0.2) is 41.2 Å². The number of non-ortho nitro benzene ring substituents is 1. The van der Waals surface area contributed by atoms with Crippen LogP contribution in [0.25, 0.3) is 20.2 Å². The Morgan fingerprint density at radius 1 is 1.17 bits per heavy atom. The number of benzene rings is 2. The van der Waals surface area contributed by atoms with Gasteiger partial charge in [-0.2, -0.15) is 0 Å². The van der Waals surface area contributed by atoms with E-state index in [1.165, 1.54) is 17.4 Å². The van der Waals surface area contributed by atoms with E-state index in [1.807, 2.05) is 31.1 Å². The molecule has 0 amide bonds. The zero-order chi connectivity index (χ0) is 21.8. The molecular weight excluding hydrogens is 418 g/mol. The highest BCUT2D eigenvalue weighted by Crippen LogP contribution is 2.35. The van der Waals surface area contributed by atoms with E-state index >= 15 is 0 Å². The Morgan fingerprint density at radius 3 is 2.38 bits per heavy atom. The molecule has 0 spiro atoms. The van der Waals surface area contributed by atoms with Crippen molar-refractivity contribution >= 4 is 53.0 Å². The minimum atomic E-state index is -3.92. The van der Waals surface area contributed by atoms with Gasteiger partial charge in [-0.15, -0.1) is 11.3 Å². The van der Waals surface area contributed by atoms with E-state index in [1.54, 1.807) is 18.2 Å². The molecule has 11 heteroatoms. The molecule has 0 saturated heterocycles. The number of nitrogens with one attached hydrogen (secondary N) is 1. The number of nitro groups is 1. The summed E-state index contributed by atoms with van der Waals surface area (Å²) in [5, 5.41) is 15.6. The summed E-state index contributed by atoms with van der Waals surface area (Å²) in [5.41, 5.74) is 0.441. The molecule has 1 aromatic heterocycles. The molecule has 0 fully saturated rings. The largest absolute Gasteiger partial charge is 0.748 e. The van der Waals surface area contributed by atoms with Gasteiger partial charge in [0.2, 0.25) is 0 Å². The minimum absolute atomic E-state index is 0.0315. The quantitative estimate of drug-likeness (QED) is 0.278. The molecule has 3 rings (SSSR count). The molecule has 9 nitrogen and oxygen atoms in total. The molecule has 29 heavy (non-hydrogen) atoms. The molecule has 0 atom stereocenters. The number of fused-ring (bicyclic) bond motifs is 2. The first kappa shape index (κ1) is 22.7. The summed E-state index contributed by atoms with van der Waals surface area (Å²) in [7, 11) is 0.00840. The monoisotopic (exact) mass is 438 g/mol. The molecule has 1 N–H and O–H groups in total. The molecule has 0 aliphatic carbocycles. The summed E-state index contributed by atoms with van der Waals surface area (Å²) in [6, 6.07) is 10.3. The van der Waals surface area contributed by atoms with Gasteiger partial charge >= 0.3 is 0 Å². The van der Waals surface area contributed by atoms with Crippen molar-refractivity contribution in [2.75, 3.05) is 38.8 Å². The van der Waals surface area contributed by atoms with Crippen LogP contribution in [0.3, 0.4) is 0 Å². The Kier molecular flexibility index (Phi) is 7.25. The fourth-order valence-corrected chi connectivity index (χ4v) is 3.78. The van der Waals surface area contributed by atoms with Crippen LogP contribution >= 0.6 is 11.3 Å². The molecule has 0 unspecified atom stereocenters. The fourth-order valence-electron chi connectivity index (χ4n) is 2.59. The van der Waals surface area contributed by atoms with Crippen molar-refractivity contribution in [1.82, 2.24) is 4.90 Å². The van der Waals surface area contributed by atoms with Crippen molar-refractivity contribution in [3.05, 3.63) is 56.7 Å². The number of hydrogen-bond donors (Lipinski definition) is 1. The number of likely N-dealkylation sites (N-methyl/N-ethyl adjacent to an activating group) is 1. The molecule has 1 heterocycles. The molecule has 3 aromatic rings. The molecule has 0 aliphatic rings.